The number of phenolic OH excluding ortho intramolecular Hbond substituents is 1. The van der Waals surface area contributed by atoms with E-state index >= 15 is 0 Å². The number of anilines is 1. The fourth-order valence-corrected chi connectivity index (χ4v) is 4.76. The Balaban J connectivity index is 0.000000609. The standard InChI is InChI=1S/C25H40N2O6S.C7H6O2/c1-34(30,31)27-23-19-21(13-14-24(23)28)25(29)20-26-15-7-3-5-9-17-32-16-8-4-2-6-11-22-12-10-18-33-22;8-7(9)6-4-2-1-3-5-6/h10,12-14,18-19,25-29H,2-9,11,15-17,20H2,1H3;1-5H,(H,8,9). The monoisotopic (exact) mass is 618 g/mol. The van der Waals surface area contributed by atoms with Crippen LogP contribution in [0.2, 0.25) is 0 Å². The average molecular weight is 619 g/mol. The van der Waals surface area contributed by atoms with Crippen LogP contribution in [0.4, 0.5) is 5.69 Å². The molecule has 5 N–H and O–H groups in total. The zero-order chi connectivity index (χ0) is 31.3. The molecular weight excluding hydrogens is 572 g/mol. The SMILES string of the molecule is CS(=O)(=O)Nc1cc(C(O)CNCCCCCCOCCCCCCc2ccco2)ccc1O.O=C(O)c1ccccc1. The smallest absolute Gasteiger partial charge is 0.335 e. The van der Waals surface area contributed by atoms with E-state index in [1.165, 1.54) is 25.0 Å². The van der Waals surface area contributed by atoms with Crippen LogP contribution in [0.1, 0.15) is 79.2 Å². The van der Waals surface area contributed by atoms with Crippen LogP contribution >= 0.6 is 0 Å². The number of hydrogen-bond donors (Lipinski definition) is 5. The highest BCUT2D eigenvalue weighted by molar-refractivity contribution is 7.92. The quantitative estimate of drug-likeness (QED) is 0.0786. The number of sulfonamides is 1. The van der Waals surface area contributed by atoms with Crippen molar-refractivity contribution >= 4 is 21.7 Å². The summed E-state index contributed by atoms with van der Waals surface area (Å²) < 4.78 is 36.1. The van der Waals surface area contributed by atoms with Crippen LogP contribution in [0.15, 0.2) is 71.3 Å². The molecule has 3 rings (SSSR count). The first-order chi connectivity index (χ1) is 20.7. The fraction of sp³-hybridized carbons (Fsp3) is 0.469. The lowest BCUT2D eigenvalue weighted by Gasteiger charge is -2.14. The molecule has 1 heterocycles. The van der Waals surface area contributed by atoms with Crippen molar-refractivity contribution < 1.29 is 37.7 Å². The summed E-state index contributed by atoms with van der Waals surface area (Å²) in [6.45, 7) is 2.79. The van der Waals surface area contributed by atoms with Gasteiger partial charge in [-0.05, 0) is 74.2 Å². The molecule has 0 aliphatic rings. The highest BCUT2D eigenvalue weighted by Gasteiger charge is 2.12. The van der Waals surface area contributed by atoms with E-state index in [2.05, 4.69) is 10.0 Å². The summed E-state index contributed by atoms with van der Waals surface area (Å²) in [6, 6.07) is 16.7. The fourth-order valence-electron chi connectivity index (χ4n) is 4.20. The summed E-state index contributed by atoms with van der Waals surface area (Å²) in [5.74, 6) is 0.00747. The predicted octanol–water partition coefficient (Wildman–Crippen LogP) is 5.74. The zero-order valence-electron chi connectivity index (χ0n) is 24.9. The number of rotatable bonds is 20. The summed E-state index contributed by atoms with van der Waals surface area (Å²) in [5, 5.41) is 31.7. The molecule has 0 saturated carbocycles. The number of hydrogen-bond acceptors (Lipinski definition) is 8. The van der Waals surface area contributed by atoms with E-state index in [0.717, 1.165) is 76.7 Å². The first kappa shape index (κ1) is 35.8. The summed E-state index contributed by atoms with van der Waals surface area (Å²) in [6.07, 6.45) is 11.9. The number of furan rings is 1. The van der Waals surface area contributed by atoms with Gasteiger partial charge in [-0.3, -0.25) is 4.72 Å². The van der Waals surface area contributed by atoms with Gasteiger partial charge in [0.05, 0.1) is 29.9 Å². The van der Waals surface area contributed by atoms with Crippen molar-refractivity contribution in [2.24, 2.45) is 0 Å². The number of nitrogens with one attached hydrogen (secondary N) is 2. The van der Waals surface area contributed by atoms with Gasteiger partial charge >= 0.3 is 5.97 Å². The largest absolute Gasteiger partial charge is 0.506 e. The first-order valence-corrected chi connectivity index (χ1v) is 16.6. The van der Waals surface area contributed by atoms with Gasteiger partial charge in [0.1, 0.15) is 11.5 Å². The number of aliphatic hydroxyl groups is 1. The number of aromatic carboxylic acids is 1. The molecule has 1 unspecified atom stereocenters. The van der Waals surface area contributed by atoms with Crippen LogP contribution in [-0.2, 0) is 21.2 Å². The number of benzene rings is 2. The molecule has 0 amide bonds. The number of aryl methyl sites for hydroxylation is 1. The van der Waals surface area contributed by atoms with E-state index < -0.39 is 22.1 Å². The Morgan fingerprint density at radius 3 is 2.19 bits per heavy atom. The molecule has 43 heavy (non-hydrogen) atoms. The van der Waals surface area contributed by atoms with Crippen molar-refractivity contribution in [3.8, 4) is 5.75 Å². The Morgan fingerprint density at radius 1 is 0.907 bits per heavy atom. The van der Waals surface area contributed by atoms with Crippen LogP contribution in [0.5, 0.6) is 5.75 Å². The zero-order valence-corrected chi connectivity index (χ0v) is 25.7. The Labute approximate surface area is 255 Å². The number of aromatic hydroxyl groups is 1. The van der Waals surface area contributed by atoms with Gasteiger partial charge in [-0.2, -0.15) is 0 Å². The molecule has 2 aromatic carbocycles. The maximum Gasteiger partial charge on any atom is 0.335 e. The van der Waals surface area contributed by atoms with E-state index in [9.17, 15) is 23.4 Å². The van der Waals surface area contributed by atoms with Gasteiger partial charge in [0, 0.05) is 26.2 Å². The number of ether oxygens (including phenoxy) is 1. The van der Waals surface area contributed by atoms with Crippen LogP contribution in [-0.4, -0.2) is 62.3 Å². The number of phenols is 1. The van der Waals surface area contributed by atoms with Crippen LogP contribution < -0.4 is 10.0 Å². The lowest BCUT2D eigenvalue weighted by molar-refractivity contribution is 0.0696. The predicted molar refractivity (Wildman–Crippen MR) is 168 cm³/mol. The molecule has 1 atom stereocenters. The minimum absolute atomic E-state index is 0.0614. The maximum atomic E-state index is 11.4. The molecule has 1 aromatic heterocycles. The van der Waals surface area contributed by atoms with Gasteiger partial charge in [0.2, 0.25) is 10.0 Å². The number of carboxylic acids is 1. The van der Waals surface area contributed by atoms with Gasteiger partial charge in [-0.15, -0.1) is 0 Å². The Hall–Kier alpha value is -3.38. The molecule has 0 saturated heterocycles. The summed E-state index contributed by atoms with van der Waals surface area (Å²) >= 11 is 0. The molecule has 0 bridgehead atoms. The third-order valence-electron chi connectivity index (χ3n) is 6.49. The van der Waals surface area contributed by atoms with Gasteiger partial charge in [-0.1, -0.05) is 49.9 Å². The number of aliphatic hydroxyl groups excluding tert-OH is 1. The van der Waals surface area contributed by atoms with Crippen LogP contribution in [0.3, 0.4) is 0 Å². The second-order valence-electron chi connectivity index (χ2n) is 10.3. The number of carbonyl (C=O) groups is 1. The van der Waals surface area contributed by atoms with Crippen molar-refractivity contribution in [3.63, 3.8) is 0 Å². The molecule has 238 valence electrons. The lowest BCUT2D eigenvalue weighted by Crippen LogP contribution is -2.22. The maximum absolute atomic E-state index is 11.4. The van der Waals surface area contributed by atoms with Gasteiger partial charge in [-0.25, -0.2) is 13.2 Å². The van der Waals surface area contributed by atoms with E-state index in [1.807, 2.05) is 12.1 Å². The Morgan fingerprint density at radius 2 is 1.58 bits per heavy atom. The normalized spacial score (nSPS) is 11.9. The van der Waals surface area contributed by atoms with E-state index in [4.69, 9.17) is 14.3 Å². The molecule has 3 aromatic rings. The molecule has 11 heteroatoms. The summed E-state index contributed by atoms with van der Waals surface area (Å²) in [7, 11) is -3.51. The van der Waals surface area contributed by atoms with Gasteiger partial charge in [0.25, 0.3) is 0 Å². The van der Waals surface area contributed by atoms with Crippen LogP contribution in [0.25, 0.3) is 0 Å². The molecule has 0 aliphatic heterocycles. The summed E-state index contributed by atoms with van der Waals surface area (Å²) in [4.78, 5) is 10.2. The molecular formula is C32H46N2O8S. The third kappa shape index (κ3) is 16.7. The molecule has 0 radical (unpaired) electrons. The van der Waals surface area contributed by atoms with E-state index in [-0.39, 0.29) is 11.4 Å². The molecule has 10 nitrogen and oxygen atoms in total. The Bertz CT molecular complexity index is 1270. The number of unbranched alkanes of at least 4 members (excludes halogenated alkanes) is 6. The average Bonchev–Trinajstić information content (AvgIpc) is 3.50. The second kappa shape index (κ2) is 20.5. The summed E-state index contributed by atoms with van der Waals surface area (Å²) in [5.41, 5.74) is 0.926. The lowest BCUT2D eigenvalue weighted by atomic mass is 10.1. The van der Waals surface area contributed by atoms with E-state index in [1.54, 1.807) is 42.7 Å². The minimum atomic E-state index is -3.51. The van der Waals surface area contributed by atoms with Crippen molar-refractivity contribution in [2.75, 3.05) is 37.3 Å². The molecule has 0 spiro atoms. The minimum Gasteiger partial charge on any atom is -0.506 e. The topological polar surface area (TPSA) is 158 Å². The van der Waals surface area contributed by atoms with Crippen LogP contribution in [0, 0.1) is 0 Å². The van der Waals surface area contributed by atoms with E-state index in [0.29, 0.717) is 17.7 Å². The van der Waals surface area contributed by atoms with Gasteiger partial charge in [0.15, 0.2) is 0 Å². The third-order valence-corrected chi connectivity index (χ3v) is 7.08. The number of carboxylic acid groups (broad SMARTS) is 1. The highest BCUT2D eigenvalue weighted by atomic mass is 32.2. The van der Waals surface area contributed by atoms with Crippen molar-refractivity contribution in [2.45, 2.75) is 63.9 Å². The molecule has 0 aliphatic carbocycles. The second-order valence-corrected chi connectivity index (χ2v) is 12.1. The van der Waals surface area contributed by atoms with Crippen molar-refractivity contribution in [3.05, 3.63) is 83.8 Å². The van der Waals surface area contributed by atoms with Gasteiger partial charge < -0.3 is 29.8 Å². The van der Waals surface area contributed by atoms with Crippen molar-refractivity contribution in [1.82, 2.24) is 5.32 Å². The van der Waals surface area contributed by atoms with Crippen molar-refractivity contribution in [1.29, 1.82) is 0 Å². The highest BCUT2D eigenvalue weighted by Crippen LogP contribution is 2.27. The molecule has 0 fully saturated rings. The first-order valence-electron chi connectivity index (χ1n) is 14.7. The Kier molecular flexibility index (Phi) is 17.1.